The molecule has 1 aliphatic rings. The lowest BCUT2D eigenvalue weighted by Crippen LogP contribution is -2.39. The van der Waals surface area contributed by atoms with Crippen LogP contribution >= 0.6 is 11.8 Å². The summed E-state index contributed by atoms with van der Waals surface area (Å²) in [6.07, 6.45) is 2.00. The average Bonchev–Trinajstić information content (AvgIpc) is 2.96. The van der Waals surface area contributed by atoms with Crippen LogP contribution in [0.15, 0.2) is 59.5 Å². The van der Waals surface area contributed by atoms with E-state index >= 15 is 0 Å². The number of nitrogens with zero attached hydrogens (tertiary/aromatic N) is 1. The molecule has 120 valence electrons. The molecule has 4 heteroatoms. The molecular weight excluding hydrogens is 304 g/mol. The van der Waals surface area contributed by atoms with E-state index < -0.39 is 0 Å². The van der Waals surface area contributed by atoms with Gasteiger partial charge in [0.1, 0.15) is 0 Å². The number of amides is 1. The van der Waals surface area contributed by atoms with Gasteiger partial charge in [0.05, 0.1) is 5.56 Å². The second kappa shape index (κ2) is 7.20. The lowest BCUT2D eigenvalue weighted by Gasteiger charge is -2.21. The number of likely N-dealkylation sites (tertiary alicyclic amines) is 1. The third-order valence-corrected chi connectivity index (χ3v) is 5.19. The van der Waals surface area contributed by atoms with Gasteiger partial charge in [0.2, 0.25) is 0 Å². The van der Waals surface area contributed by atoms with Gasteiger partial charge < -0.3 is 10.2 Å². The summed E-state index contributed by atoms with van der Waals surface area (Å²) < 4.78 is 0. The minimum atomic E-state index is 0.0242. The minimum Gasteiger partial charge on any atom is -0.347 e. The molecule has 0 radical (unpaired) electrons. The van der Waals surface area contributed by atoms with Crippen molar-refractivity contribution in [3.05, 3.63) is 65.7 Å². The third-order valence-electron chi connectivity index (χ3n) is 4.40. The standard InChI is InChI=1S/C19H22N2OS/c1-21-12-16(14-8-4-3-5-9-14)17(13-21)20-19(22)15-10-6-7-11-18(15)23-2/h3-11,16-17H,12-13H2,1-2H3,(H,20,22)/t16-,17-/m1/s1. The van der Waals surface area contributed by atoms with Gasteiger partial charge in [-0.1, -0.05) is 42.5 Å². The van der Waals surface area contributed by atoms with Crippen molar-refractivity contribution in [2.75, 3.05) is 26.4 Å². The Bertz CT molecular complexity index is 674. The van der Waals surface area contributed by atoms with Crippen molar-refractivity contribution in [1.29, 1.82) is 0 Å². The highest BCUT2D eigenvalue weighted by Gasteiger charge is 2.33. The number of likely N-dealkylation sites (N-methyl/N-ethyl adjacent to an activating group) is 1. The van der Waals surface area contributed by atoms with E-state index in [0.717, 1.165) is 23.5 Å². The first-order valence-corrected chi connectivity index (χ1v) is 9.09. The Morgan fingerprint density at radius 3 is 2.52 bits per heavy atom. The maximum absolute atomic E-state index is 12.7. The molecule has 1 heterocycles. The zero-order valence-electron chi connectivity index (χ0n) is 13.5. The molecular formula is C19H22N2OS. The molecule has 0 aliphatic carbocycles. The molecule has 0 spiro atoms. The van der Waals surface area contributed by atoms with Crippen molar-refractivity contribution in [2.24, 2.45) is 0 Å². The summed E-state index contributed by atoms with van der Waals surface area (Å²) in [4.78, 5) is 16.0. The molecule has 0 unspecified atom stereocenters. The van der Waals surface area contributed by atoms with E-state index in [1.165, 1.54) is 5.56 Å². The molecule has 2 atom stereocenters. The second-order valence-electron chi connectivity index (χ2n) is 6.02. The van der Waals surface area contributed by atoms with Crippen molar-refractivity contribution >= 4 is 17.7 Å². The Hall–Kier alpha value is -1.78. The molecule has 0 bridgehead atoms. The quantitative estimate of drug-likeness (QED) is 0.876. The Labute approximate surface area is 142 Å². The molecule has 2 aromatic carbocycles. The number of rotatable bonds is 4. The van der Waals surface area contributed by atoms with Gasteiger partial charge in [-0.3, -0.25) is 4.79 Å². The van der Waals surface area contributed by atoms with Crippen LogP contribution in [0, 0.1) is 0 Å². The summed E-state index contributed by atoms with van der Waals surface area (Å²) >= 11 is 1.61. The first kappa shape index (κ1) is 16.1. The predicted molar refractivity (Wildman–Crippen MR) is 96.2 cm³/mol. The van der Waals surface area contributed by atoms with Gasteiger partial charge in [0.15, 0.2) is 0 Å². The van der Waals surface area contributed by atoms with Gasteiger partial charge >= 0.3 is 0 Å². The predicted octanol–water partition coefficient (Wildman–Crippen LogP) is 3.24. The van der Waals surface area contributed by atoms with E-state index in [0.29, 0.717) is 5.92 Å². The van der Waals surface area contributed by atoms with Crippen LogP contribution in [0.1, 0.15) is 21.8 Å². The molecule has 0 aromatic heterocycles. The lowest BCUT2D eigenvalue weighted by atomic mass is 9.94. The fourth-order valence-corrected chi connectivity index (χ4v) is 3.86. The van der Waals surface area contributed by atoms with Crippen LogP contribution in [0.4, 0.5) is 0 Å². The molecule has 1 N–H and O–H groups in total. The fraction of sp³-hybridized carbons (Fsp3) is 0.316. The number of nitrogens with one attached hydrogen (secondary N) is 1. The van der Waals surface area contributed by atoms with Gasteiger partial charge in [-0.2, -0.15) is 0 Å². The van der Waals surface area contributed by atoms with Crippen molar-refractivity contribution in [3.63, 3.8) is 0 Å². The summed E-state index contributed by atoms with van der Waals surface area (Å²) in [5.74, 6) is 0.364. The molecule has 23 heavy (non-hydrogen) atoms. The van der Waals surface area contributed by atoms with Crippen LogP contribution in [-0.2, 0) is 0 Å². The van der Waals surface area contributed by atoms with E-state index in [4.69, 9.17) is 0 Å². The number of carbonyl (C=O) groups is 1. The zero-order chi connectivity index (χ0) is 16.2. The Balaban J connectivity index is 1.79. The minimum absolute atomic E-state index is 0.0242. The third kappa shape index (κ3) is 3.59. The number of carbonyl (C=O) groups excluding carboxylic acids is 1. The summed E-state index contributed by atoms with van der Waals surface area (Å²) in [6, 6.07) is 18.4. The van der Waals surface area contributed by atoms with E-state index in [-0.39, 0.29) is 11.9 Å². The molecule has 1 amide bonds. The summed E-state index contributed by atoms with van der Waals surface area (Å²) in [5.41, 5.74) is 2.06. The molecule has 1 saturated heterocycles. The number of hydrogen-bond donors (Lipinski definition) is 1. The largest absolute Gasteiger partial charge is 0.347 e. The van der Waals surface area contributed by atoms with Gasteiger partial charge in [-0.05, 0) is 31.0 Å². The summed E-state index contributed by atoms with van der Waals surface area (Å²) in [5, 5.41) is 3.25. The first-order valence-electron chi connectivity index (χ1n) is 7.86. The van der Waals surface area contributed by atoms with E-state index in [9.17, 15) is 4.79 Å². The van der Waals surface area contributed by atoms with Crippen molar-refractivity contribution < 1.29 is 4.79 Å². The summed E-state index contributed by atoms with van der Waals surface area (Å²) in [6.45, 7) is 1.85. The van der Waals surface area contributed by atoms with Crippen LogP contribution in [0.2, 0.25) is 0 Å². The van der Waals surface area contributed by atoms with E-state index in [2.05, 4.69) is 41.5 Å². The van der Waals surface area contributed by atoms with Gasteiger partial charge in [-0.15, -0.1) is 11.8 Å². The normalized spacial score (nSPS) is 21.3. The smallest absolute Gasteiger partial charge is 0.252 e. The number of benzene rings is 2. The van der Waals surface area contributed by atoms with Crippen molar-refractivity contribution in [1.82, 2.24) is 10.2 Å². The maximum Gasteiger partial charge on any atom is 0.252 e. The first-order chi connectivity index (χ1) is 11.2. The van der Waals surface area contributed by atoms with Gasteiger partial charge in [-0.25, -0.2) is 0 Å². The highest BCUT2D eigenvalue weighted by Crippen LogP contribution is 2.27. The SMILES string of the molecule is CSc1ccccc1C(=O)N[C@@H]1CN(C)C[C@@H]1c1ccccc1. The summed E-state index contributed by atoms with van der Waals surface area (Å²) in [7, 11) is 2.11. The molecule has 2 aromatic rings. The lowest BCUT2D eigenvalue weighted by molar-refractivity contribution is 0.0932. The maximum atomic E-state index is 12.7. The number of hydrogen-bond acceptors (Lipinski definition) is 3. The molecule has 1 fully saturated rings. The fourth-order valence-electron chi connectivity index (χ4n) is 3.26. The Morgan fingerprint density at radius 2 is 1.78 bits per heavy atom. The van der Waals surface area contributed by atoms with Gasteiger partial charge in [0, 0.05) is 29.9 Å². The molecule has 3 nitrogen and oxygen atoms in total. The molecule has 0 saturated carbocycles. The van der Waals surface area contributed by atoms with Crippen LogP contribution in [-0.4, -0.2) is 43.2 Å². The van der Waals surface area contributed by atoms with Gasteiger partial charge in [0.25, 0.3) is 5.91 Å². The van der Waals surface area contributed by atoms with Crippen LogP contribution in [0.5, 0.6) is 0 Å². The monoisotopic (exact) mass is 326 g/mol. The van der Waals surface area contributed by atoms with Crippen LogP contribution in [0.25, 0.3) is 0 Å². The molecule has 1 aliphatic heterocycles. The zero-order valence-corrected chi connectivity index (χ0v) is 14.3. The Kier molecular flexibility index (Phi) is 5.03. The second-order valence-corrected chi connectivity index (χ2v) is 6.87. The molecule has 3 rings (SSSR count). The highest BCUT2D eigenvalue weighted by molar-refractivity contribution is 7.98. The van der Waals surface area contributed by atoms with Crippen LogP contribution < -0.4 is 5.32 Å². The van der Waals surface area contributed by atoms with E-state index in [1.54, 1.807) is 11.8 Å². The highest BCUT2D eigenvalue weighted by atomic mass is 32.2. The average molecular weight is 326 g/mol. The number of thioether (sulfide) groups is 1. The Morgan fingerprint density at radius 1 is 1.09 bits per heavy atom. The topological polar surface area (TPSA) is 32.3 Å². The van der Waals surface area contributed by atoms with Crippen molar-refractivity contribution in [3.8, 4) is 0 Å². The van der Waals surface area contributed by atoms with E-state index in [1.807, 2.05) is 36.6 Å². The van der Waals surface area contributed by atoms with Crippen LogP contribution in [0.3, 0.4) is 0 Å². The van der Waals surface area contributed by atoms with Crippen molar-refractivity contribution in [2.45, 2.75) is 16.9 Å².